The Bertz CT molecular complexity index is 433. The van der Waals surface area contributed by atoms with Crippen molar-refractivity contribution < 1.29 is 9.90 Å². The molecule has 0 saturated heterocycles. The third kappa shape index (κ3) is 4.60. The van der Waals surface area contributed by atoms with Crippen molar-refractivity contribution in [1.82, 2.24) is 5.32 Å². The van der Waals surface area contributed by atoms with E-state index in [2.05, 4.69) is 21.2 Å². The predicted octanol–water partition coefficient (Wildman–Crippen LogP) is 2.91. The first-order chi connectivity index (χ1) is 9.69. The van der Waals surface area contributed by atoms with Crippen molar-refractivity contribution in [2.45, 2.75) is 32.1 Å². The maximum atomic E-state index is 11.9. The van der Waals surface area contributed by atoms with Gasteiger partial charge in [0, 0.05) is 17.6 Å². The summed E-state index contributed by atoms with van der Waals surface area (Å²) >= 11 is 3.38. The van der Waals surface area contributed by atoms with Crippen LogP contribution in [0.2, 0.25) is 0 Å². The highest BCUT2D eigenvalue weighted by molar-refractivity contribution is 9.10. The first-order valence-electron chi connectivity index (χ1n) is 7.31. The van der Waals surface area contributed by atoms with E-state index in [-0.39, 0.29) is 12.5 Å². The molecule has 2 N–H and O–H groups in total. The highest BCUT2D eigenvalue weighted by Crippen LogP contribution is 2.29. The lowest BCUT2D eigenvalue weighted by Crippen LogP contribution is -2.36. The molecule has 0 spiro atoms. The second kappa shape index (κ2) is 7.79. The van der Waals surface area contributed by atoms with Crippen LogP contribution in [-0.2, 0) is 11.2 Å². The zero-order chi connectivity index (χ0) is 14.4. The normalized spacial score (nSPS) is 22.5. The van der Waals surface area contributed by atoms with Gasteiger partial charge in [-0.3, -0.25) is 4.79 Å². The summed E-state index contributed by atoms with van der Waals surface area (Å²) in [5, 5.41) is 12.4. The predicted molar refractivity (Wildman–Crippen MR) is 83.4 cm³/mol. The molecular weight excluding hydrogens is 318 g/mol. The summed E-state index contributed by atoms with van der Waals surface area (Å²) in [5.74, 6) is 0.855. The van der Waals surface area contributed by atoms with Crippen LogP contribution in [0.25, 0.3) is 0 Å². The second-order valence-corrected chi connectivity index (χ2v) is 6.51. The van der Waals surface area contributed by atoms with Gasteiger partial charge in [0.2, 0.25) is 5.91 Å². The summed E-state index contributed by atoms with van der Waals surface area (Å²) in [4.78, 5) is 11.9. The Morgan fingerprint density at radius 2 is 1.85 bits per heavy atom. The van der Waals surface area contributed by atoms with Gasteiger partial charge in [-0.2, -0.15) is 0 Å². The van der Waals surface area contributed by atoms with Crippen molar-refractivity contribution in [3.05, 3.63) is 34.3 Å². The van der Waals surface area contributed by atoms with Gasteiger partial charge in [-0.05, 0) is 42.4 Å². The smallest absolute Gasteiger partial charge is 0.224 e. The molecule has 20 heavy (non-hydrogen) atoms. The summed E-state index contributed by atoms with van der Waals surface area (Å²) in [6.07, 6.45) is 5.04. The first kappa shape index (κ1) is 15.5. The van der Waals surface area contributed by atoms with Crippen molar-refractivity contribution in [3.63, 3.8) is 0 Å². The molecule has 0 heterocycles. The molecule has 1 fully saturated rings. The molecule has 1 aromatic carbocycles. The molecule has 2 rings (SSSR count). The minimum Gasteiger partial charge on any atom is -0.396 e. The number of carbonyl (C=O) groups is 1. The Hall–Kier alpha value is -0.870. The van der Waals surface area contributed by atoms with Gasteiger partial charge in [-0.25, -0.2) is 0 Å². The summed E-state index contributed by atoms with van der Waals surface area (Å²) < 4.78 is 1.02. The van der Waals surface area contributed by atoms with Gasteiger partial charge >= 0.3 is 0 Å². The van der Waals surface area contributed by atoms with Crippen LogP contribution < -0.4 is 5.32 Å². The molecule has 0 aliphatic heterocycles. The number of benzene rings is 1. The number of rotatable bonds is 5. The lowest BCUT2D eigenvalue weighted by molar-refractivity contribution is -0.120. The van der Waals surface area contributed by atoms with E-state index in [1.165, 1.54) is 12.8 Å². The van der Waals surface area contributed by atoms with Crippen LogP contribution in [0, 0.1) is 11.8 Å². The number of carbonyl (C=O) groups excluding carboxylic acids is 1. The molecule has 1 amide bonds. The zero-order valence-corrected chi connectivity index (χ0v) is 13.2. The zero-order valence-electron chi connectivity index (χ0n) is 11.6. The summed E-state index contributed by atoms with van der Waals surface area (Å²) in [5.41, 5.74) is 1.02. The molecule has 0 aromatic heterocycles. The Balaban J connectivity index is 1.78. The summed E-state index contributed by atoms with van der Waals surface area (Å²) in [6.45, 7) is 0.938. The monoisotopic (exact) mass is 339 g/mol. The molecule has 0 bridgehead atoms. The highest BCUT2D eigenvalue weighted by Gasteiger charge is 2.24. The highest BCUT2D eigenvalue weighted by atomic mass is 79.9. The van der Waals surface area contributed by atoms with Gasteiger partial charge < -0.3 is 10.4 Å². The van der Waals surface area contributed by atoms with Crippen LogP contribution in [0.3, 0.4) is 0 Å². The van der Waals surface area contributed by atoms with Crippen LogP contribution in [0.15, 0.2) is 28.7 Å². The maximum Gasteiger partial charge on any atom is 0.224 e. The Morgan fingerprint density at radius 3 is 2.50 bits per heavy atom. The molecule has 2 unspecified atom stereocenters. The minimum atomic E-state index is 0.0644. The van der Waals surface area contributed by atoms with Gasteiger partial charge in [-0.15, -0.1) is 0 Å². The Labute approximate surface area is 128 Å². The largest absolute Gasteiger partial charge is 0.396 e. The number of nitrogens with one attached hydrogen (secondary N) is 1. The van der Waals surface area contributed by atoms with Crippen LogP contribution in [0.5, 0.6) is 0 Å². The SMILES string of the molecule is O=C(Cc1ccc(Br)cc1)NCC1CCCCC1CO. The molecule has 110 valence electrons. The fourth-order valence-electron chi connectivity index (χ4n) is 2.89. The Kier molecular flexibility index (Phi) is 6.05. The second-order valence-electron chi connectivity index (χ2n) is 5.59. The van der Waals surface area contributed by atoms with Crippen LogP contribution in [0.1, 0.15) is 31.2 Å². The molecule has 3 nitrogen and oxygen atoms in total. The van der Waals surface area contributed by atoms with Crippen molar-refractivity contribution >= 4 is 21.8 Å². The third-order valence-electron chi connectivity index (χ3n) is 4.14. The summed E-state index contributed by atoms with van der Waals surface area (Å²) in [6, 6.07) is 7.82. The Morgan fingerprint density at radius 1 is 1.20 bits per heavy atom. The van der Waals surface area contributed by atoms with Gasteiger partial charge in [0.1, 0.15) is 0 Å². The van der Waals surface area contributed by atoms with Gasteiger partial charge in [0.25, 0.3) is 0 Å². The van der Waals surface area contributed by atoms with E-state index in [0.717, 1.165) is 22.9 Å². The van der Waals surface area contributed by atoms with E-state index in [1.54, 1.807) is 0 Å². The van der Waals surface area contributed by atoms with Crippen LogP contribution in [0.4, 0.5) is 0 Å². The molecule has 1 aliphatic carbocycles. The minimum absolute atomic E-state index is 0.0644. The fourth-order valence-corrected chi connectivity index (χ4v) is 3.15. The van der Waals surface area contributed by atoms with E-state index < -0.39 is 0 Å². The quantitative estimate of drug-likeness (QED) is 0.866. The van der Waals surface area contributed by atoms with E-state index in [0.29, 0.717) is 24.8 Å². The molecule has 4 heteroatoms. The topological polar surface area (TPSA) is 49.3 Å². The van der Waals surface area contributed by atoms with Crippen molar-refractivity contribution in [1.29, 1.82) is 0 Å². The molecule has 0 radical (unpaired) electrons. The average Bonchev–Trinajstić information content (AvgIpc) is 2.48. The number of halogens is 1. The standard InChI is InChI=1S/C16H22BrNO2/c17-15-7-5-12(6-8-15)9-16(20)18-10-13-3-1-2-4-14(13)11-19/h5-8,13-14,19H,1-4,9-11H2,(H,18,20). The van der Waals surface area contributed by atoms with E-state index >= 15 is 0 Å². The number of aliphatic hydroxyl groups excluding tert-OH is 1. The van der Waals surface area contributed by atoms with Crippen LogP contribution in [-0.4, -0.2) is 24.2 Å². The van der Waals surface area contributed by atoms with E-state index in [1.807, 2.05) is 24.3 Å². The number of aliphatic hydroxyl groups is 1. The fraction of sp³-hybridized carbons (Fsp3) is 0.562. The van der Waals surface area contributed by atoms with Crippen molar-refractivity contribution in [3.8, 4) is 0 Å². The number of amides is 1. The third-order valence-corrected chi connectivity index (χ3v) is 4.67. The molecule has 1 saturated carbocycles. The molecule has 1 aliphatic rings. The van der Waals surface area contributed by atoms with Crippen molar-refractivity contribution in [2.24, 2.45) is 11.8 Å². The van der Waals surface area contributed by atoms with Gasteiger partial charge in [-0.1, -0.05) is 40.9 Å². The molecule has 1 aromatic rings. The van der Waals surface area contributed by atoms with E-state index in [4.69, 9.17) is 0 Å². The molecular formula is C16H22BrNO2. The summed E-state index contributed by atoms with van der Waals surface area (Å²) in [7, 11) is 0. The number of hydrogen-bond acceptors (Lipinski definition) is 2. The van der Waals surface area contributed by atoms with Gasteiger partial charge in [0.15, 0.2) is 0 Å². The van der Waals surface area contributed by atoms with Crippen molar-refractivity contribution in [2.75, 3.05) is 13.2 Å². The van der Waals surface area contributed by atoms with Crippen LogP contribution >= 0.6 is 15.9 Å². The first-order valence-corrected chi connectivity index (χ1v) is 8.10. The average molecular weight is 340 g/mol. The molecule has 2 atom stereocenters. The van der Waals surface area contributed by atoms with E-state index in [9.17, 15) is 9.90 Å². The maximum absolute atomic E-state index is 11.9. The van der Waals surface area contributed by atoms with Gasteiger partial charge in [0.05, 0.1) is 6.42 Å². The lowest BCUT2D eigenvalue weighted by Gasteiger charge is -2.30. The number of hydrogen-bond donors (Lipinski definition) is 2. The lowest BCUT2D eigenvalue weighted by atomic mass is 9.79.